The number of aromatic amines is 1. The maximum atomic E-state index is 10.9. The van der Waals surface area contributed by atoms with E-state index in [0.29, 0.717) is 22.6 Å². The molecule has 2 aromatic rings. The van der Waals surface area contributed by atoms with Crippen LogP contribution in [0.4, 0.5) is 5.69 Å². The van der Waals surface area contributed by atoms with Crippen molar-refractivity contribution in [2.24, 2.45) is 0 Å². The molecule has 1 aromatic carbocycles. The SMILES string of the molecule is COc1ccc(-c2c([N+](=O)[O-])c[nH]c2CO)cc1. The summed E-state index contributed by atoms with van der Waals surface area (Å²) in [6.45, 7) is -0.283. The fourth-order valence-electron chi connectivity index (χ4n) is 1.80. The normalized spacial score (nSPS) is 10.3. The number of rotatable bonds is 4. The second kappa shape index (κ2) is 4.89. The Morgan fingerprint density at radius 3 is 2.56 bits per heavy atom. The van der Waals surface area contributed by atoms with Gasteiger partial charge in [-0.25, -0.2) is 0 Å². The van der Waals surface area contributed by atoms with Crippen LogP contribution in [-0.2, 0) is 6.61 Å². The maximum Gasteiger partial charge on any atom is 0.294 e. The predicted octanol–water partition coefficient (Wildman–Crippen LogP) is 2.09. The van der Waals surface area contributed by atoms with Crippen molar-refractivity contribution in [1.29, 1.82) is 0 Å². The zero-order chi connectivity index (χ0) is 13.1. The molecule has 1 aromatic heterocycles. The lowest BCUT2D eigenvalue weighted by molar-refractivity contribution is -0.384. The molecule has 0 amide bonds. The molecule has 6 nitrogen and oxygen atoms in total. The van der Waals surface area contributed by atoms with E-state index in [2.05, 4.69) is 4.98 Å². The highest BCUT2D eigenvalue weighted by atomic mass is 16.6. The molecule has 0 atom stereocenters. The average molecular weight is 248 g/mol. The summed E-state index contributed by atoms with van der Waals surface area (Å²) in [7, 11) is 1.55. The third-order valence-electron chi connectivity index (χ3n) is 2.67. The van der Waals surface area contributed by atoms with E-state index in [1.807, 2.05) is 0 Å². The smallest absolute Gasteiger partial charge is 0.294 e. The van der Waals surface area contributed by atoms with Gasteiger partial charge < -0.3 is 14.8 Å². The van der Waals surface area contributed by atoms with Gasteiger partial charge in [-0.15, -0.1) is 0 Å². The molecule has 0 radical (unpaired) electrons. The minimum Gasteiger partial charge on any atom is -0.497 e. The maximum absolute atomic E-state index is 10.9. The molecule has 0 aliphatic rings. The average Bonchev–Trinajstić information content (AvgIpc) is 2.82. The molecule has 0 unspecified atom stereocenters. The van der Waals surface area contributed by atoms with E-state index in [-0.39, 0.29) is 12.3 Å². The number of nitrogens with zero attached hydrogens (tertiary/aromatic N) is 1. The summed E-state index contributed by atoms with van der Waals surface area (Å²) in [4.78, 5) is 13.2. The van der Waals surface area contributed by atoms with E-state index < -0.39 is 4.92 Å². The van der Waals surface area contributed by atoms with E-state index >= 15 is 0 Å². The Hall–Kier alpha value is -2.34. The monoisotopic (exact) mass is 248 g/mol. The third-order valence-corrected chi connectivity index (χ3v) is 2.67. The van der Waals surface area contributed by atoms with Crippen LogP contribution in [-0.4, -0.2) is 22.1 Å². The fourth-order valence-corrected chi connectivity index (χ4v) is 1.80. The molecule has 2 rings (SSSR count). The molecule has 94 valence electrons. The predicted molar refractivity (Wildman–Crippen MR) is 65.4 cm³/mol. The Labute approximate surface area is 103 Å². The number of H-pyrrole nitrogens is 1. The van der Waals surface area contributed by atoms with Gasteiger partial charge in [-0.05, 0) is 17.7 Å². The zero-order valence-electron chi connectivity index (χ0n) is 9.71. The molecule has 0 aliphatic heterocycles. The first-order chi connectivity index (χ1) is 8.67. The van der Waals surface area contributed by atoms with Crippen molar-refractivity contribution in [1.82, 2.24) is 4.98 Å². The topological polar surface area (TPSA) is 88.4 Å². The summed E-state index contributed by atoms with van der Waals surface area (Å²) in [5, 5.41) is 20.1. The standard InChI is InChI=1S/C12H12N2O4/c1-18-9-4-2-8(3-5-9)12-10(7-15)13-6-11(12)14(16)17/h2-6,13,15H,7H2,1H3. The second-order valence-corrected chi connectivity index (χ2v) is 3.67. The van der Waals surface area contributed by atoms with Crippen molar-refractivity contribution in [3.8, 4) is 16.9 Å². The Kier molecular flexibility index (Phi) is 3.29. The van der Waals surface area contributed by atoms with Gasteiger partial charge >= 0.3 is 0 Å². The van der Waals surface area contributed by atoms with Crippen LogP contribution >= 0.6 is 0 Å². The van der Waals surface area contributed by atoms with Gasteiger partial charge in [0, 0.05) is 0 Å². The first-order valence-electron chi connectivity index (χ1n) is 5.27. The van der Waals surface area contributed by atoms with Crippen LogP contribution in [0.15, 0.2) is 30.5 Å². The van der Waals surface area contributed by atoms with Crippen molar-refractivity contribution in [3.63, 3.8) is 0 Å². The van der Waals surface area contributed by atoms with Crippen LogP contribution < -0.4 is 4.74 Å². The summed E-state index contributed by atoms with van der Waals surface area (Å²) in [5.41, 5.74) is 1.44. The summed E-state index contributed by atoms with van der Waals surface area (Å²) < 4.78 is 5.03. The number of hydrogen-bond acceptors (Lipinski definition) is 4. The molecule has 18 heavy (non-hydrogen) atoms. The Bertz CT molecular complexity index is 560. The number of aliphatic hydroxyl groups is 1. The minimum atomic E-state index is -0.477. The van der Waals surface area contributed by atoms with Gasteiger partial charge in [0.2, 0.25) is 0 Å². The van der Waals surface area contributed by atoms with Gasteiger partial charge in [0.1, 0.15) is 5.75 Å². The summed E-state index contributed by atoms with van der Waals surface area (Å²) >= 11 is 0. The van der Waals surface area contributed by atoms with Gasteiger partial charge in [0.15, 0.2) is 0 Å². The van der Waals surface area contributed by atoms with Gasteiger partial charge in [-0.3, -0.25) is 10.1 Å². The number of aliphatic hydroxyl groups excluding tert-OH is 1. The lowest BCUT2D eigenvalue weighted by Gasteiger charge is -2.04. The van der Waals surface area contributed by atoms with E-state index in [1.54, 1.807) is 31.4 Å². The largest absolute Gasteiger partial charge is 0.497 e. The third kappa shape index (κ3) is 2.05. The highest BCUT2D eigenvalue weighted by Gasteiger charge is 2.21. The van der Waals surface area contributed by atoms with Gasteiger partial charge in [-0.1, -0.05) is 12.1 Å². The van der Waals surface area contributed by atoms with Crippen LogP contribution in [0.2, 0.25) is 0 Å². The number of methoxy groups -OCH3 is 1. The molecule has 2 N–H and O–H groups in total. The lowest BCUT2D eigenvalue weighted by Crippen LogP contribution is -1.92. The number of hydrogen-bond donors (Lipinski definition) is 2. The summed E-state index contributed by atoms with van der Waals surface area (Å²) in [5.74, 6) is 0.669. The van der Waals surface area contributed by atoms with Gasteiger partial charge in [-0.2, -0.15) is 0 Å². The van der Waals surface area contributed by atoms with Crippen LogP contribution in [0.5, 0.6) is 5.75 Å². The summed E-state index contributed by atoms with van der Waals surface area (Å²) in [6.07, 6.45) is 1.28. The second-order valence-electron chi connectivity index (χ2n) is 3.67. The van der Waals surface area contributed by atoms with Crippen LogP contribution in [0, 0.1) is 10.1 Å². The van der Waals surface area contributed by atoms with Crippen molar-refractivity contribution in [2.75, 3.05) is 7.11 Å². The van der Waals surface area contributed by atoms with E-state index in [9.17, 15) is 15.2 Å². The van der Waals surface area contributed by atoms with Crippen LogP contribution in [0.3, 0.4) is 0 Å². The quantitative estimate of drug-likeness (QED) is 0.640. The molecule has 0 saturated carbocycles. The van der Waals surface area contributed by atoms with Crippen LogP contribution in [0.1, 0.15) is 5.69 Å². The first-order valence-corrected chi connectivity index (χ1v) is 5.27. The van der Waals surface area contributed by atoms with Crippen molar-refractivity contribution < 1.29 is 14.8 Å². The van der Waals surface area contributed by atoms with E-state index in [1.165, 1.54) is 6.20 Å². The molecule has 0 aliphatic carbocycles. The van der Waals surface area contributed by atoms with E-state index in [4.69, 9.17) is 4.74 Å². The first kappa shape index (κ1) is 12.1. The fraction of sp³-hybridized carbons (Fsp3) is 0.167. The van der Waals surface area contributed by atoms with Gasteiger partial charge in [0.25, 0.3) is 5.69 Å². The van der Waals surface area contributed by atoms with Crippen molar-refractivity contribution in [2.45, 2.75) is 6.61 Å². The summed E-state index contributed by atoms with van der Waals surface area (Å²) in [6, 6.07) is 6.86. The number of ether oxygens (including phenoxy) is 1. The highest BCUT2D eigenvalue weighted by Crippen LogP contribution is 2.34. The van der Waals surface area contributed by atoms with E-state index in [0.717, 1.165) is 0 Å². The molecular formula is C12H12N2O4. The van der Waals surface area contributed by atoms with Crippen LogP contribution in [0.25, 0.3) is 11.1 Å². The molecule has 1 heterocycles. The number of nitrogens with one attached hydrogen (secondary N) is 1. The molecule has 0 fully saturated rings. The Balaban J connectivity index is 2.53. The molecule has 6 heteroatoms. The molecule has 0 spiro atoms. The zero-order valence-corrected chi connectivity index (χ0v) is 9.71. The van der Waals surface area contributed by atoms with Crippen molar-refractivity contribution in [3.05, 3.63) is 46.3 Å². The highest BCUT2D eigenvalue weighted by molar-refractivity contribution is 5.76. The van der Waals surface area contributed by atoms with Gasteiger partial charge in [0.05, 0.1) is 36.1 Å². The molecule has 0 bridgehead atoms. The van der Waals surface area contributed by atoms with Crippen molar-refractivity contribution >= 4 is 5.69 Å². The molecular weight excluding hydrogens is 236 g/mol. The lowest BCUT2D eigenvalue weighted by atomic mass is 10.0. The molecule has 0 saturated heterocycles. The number of benzene rings is 1. The number of nitro groups is 1. The minimum absolute atomic E-state index is 0.0517. The Morgan fingerprint density at radius 1 is 1.39 bits per heavy atom. The Morgan fingerprint density at radius 2 is 2.06 bits per heavy atom. The number of aromatic nitrogens is 1.